The molecule has 1 aromatic heterocycles. The van der Waals surface area contributed by atoms with E-state index < -0.39 is 0 Å². The van der Waals surface area contributed by atoms with E-state index >= 15 is 0 Å². The SMILES string of the molecule is CCCNc1nc(C)cc(NCCOCCO)n1. The van der Waals surface area contributed by atoms with Crippen molar-refractivity contribution in [3.8, 4) is 0 Å². The molecule has 0 saturated heterocycles. The second-order valence-corrected chi connectivity index (χ2v) is 3.91. The summed E-state index contributed by atoms with van der Waals surface area (Å²) in [5, 5.41) is 14.9. The van der Waals surface area contributed by atoms with E-state index in [0.717, 1.165) is 24.5 Å². The quantitative estimate of drug-likeness (QED) is 0.571. The summed E-state index contributed by atoms with van der Waals surface area (Å²) in [4.78, 5) is 8.65. The van der Waals surface area contributed by atoms with E-state index in [4.69, 9.17) is 9.84 Å². The van der Waals surface area contributed by atoms with Crippen LogP contribution in [0.5, 0.6) is 0 Å². The van der Waals surface area contributed by atoms with Crippen molar-refractivity contribution in [3.05, 3.63) is 11.8 Å². The maximum Gasteiger partial charge on any atom is 0.224 e. The van der Waals surface area contributed by atoms with Crippen molar-refractivity contribution in [2.75, 3.05) is 43.5 Å². The van der Waals surface area contributed by atoms with Crippen molar-refractivity contribution in [1.29, 1.82) is 0 Å². The molecule has 6 nitrogen and oxygen atoms in total. The van der Waals surface area contributed by atoms with Gasteiger partial charge in [0.1, 0.15) is 5.82 Å². The first-order chi connectivity index (χ1) is 8.76. The van der Waals surface area contributed by atoms with Gasteiger partial charge in [-0.3, -0.25) is 0 Å². The summed E-state index contributed by atoms with van der Waals surface area (Å²) in [5.74, 6) is 1.43. The van der Waals surface area contributed by atoms with Crippen molar-refractivity contribution in [1.82, 2.24) is 9.97 Å². The Hall–Kier alpha value is -1.40. The van der Waals surface area contributed by atoms with Gasteiger partial charge in [-0.1, -0.05) is 6.92 Å². The fourth-order valence-corrected chi connectivity index (χ4v) is 1.39. The molecule has 102 valence electrons. The Labute approximate surface area is 108 Å². The number of anilines is 2. The highest BCUT2D eigenvalue weighted by molar-refractivity contribution is 5.42. The lowest BCUT2D eigenvalue weighted by Gasteiger charge is -2.09. The molecule has 1 heterocycles. The minimum absolute atomic E-state index is 0.0533. The smallest absolute Gasteiger partial charge is 0.224 e. The largest absolute Gasteiger partial charge is 0.394 e. The molecule has 0 aliphatic rings. The van der Waals surface area contributed by atoms with Crippen molar-refractivity contribution >= 4 is 11.8 Å². The predicted octanol–water partition coefficient (Wildman–Crippen LogP) is 1.03. The van der Waals surface area contributed by atoms with Crippen LogP contribution in [-0.2, 0) is 4.74 Å². The Kier molecular flexibility index (Phi) is 7.05. The molecule has 0 saturated carbocycles. The van der Waals surface area contributed by atoms with E-state index in [1.165, 1.54) is 0 Å². The van der Waals surface area contributed by atoms with E-state index in [1.807, 2.05) is 13.0 Å². The van der Waals surface area contributed by atoms with Gasteiger partial charge in [0.15, 0.2) is 0 Å². The molecule has 3 N–H and O–H groups in total. The van der Waals surface area contributed by atoms with Crippen LogP contribution >= 0.6 is 0 Å². The van der Waals surface area contributed by atoms with Gasteiger partial charge in [-0.25, -0.2) is 4.98 Å². The summed E-state index contributed by atoms with van der Waals surface area (Å²) < 4.78 is 5.16. The fraction of sp³-hybridized carbons (Fsp3) is 0.667. The highest BCUT2D eigenvalue weighted by Crippen LogP contribution is 2.09. The first kappa shape index (κ1) is 14.7. The Morgan fingerprint density at radius 1 is 1.22 bits per heavy atom. The van der Waals surface area contributed by atoms with Gasteiger partial charge in [0, 0.05) is 24.8 Å². The van der Waals surface area contributed by atoms with Crippen LogP contribution in [0, 0.1) is 6.92 Å². The molecule has 0 aliphatic heterocycles. The Bertz CT molecular complexity index is 347. The maximum atomic E-state index is 8.56. The molecule has 0 spiro atoms. The maximum absolute atomic E-state index is 8.56. The Balaban J connectivity index is 2.41. The van der Waals surface area contributed by atoms with Crippen molar-refractivity contribution in [2.24, 2.45) is 0 Å². The average Bonchev–Trinajstić information content (AvgIpc) is 2.35. The van der Waals surface area contributed by atoms with E-state index in [9.17, 15) is 0 Å². The second-order valence-electron chi connectivity index (χ2n) is 3.91. The number of hydrogen-bond donors (Lipinski definition) is 3. The zero-order valence-corrected chi connectivity index (χ0v) is 11.1. The minimum Gasteiger partial charge on any atom is -0.394 e. The molecule has 0 aromatic carbocycles. The summed E-state index contributed by atoms with van der Waals surface area (Å²) in [5.41, 5.74) is 0.919. The summed E-state index contributed by atoms with van der Waals surface area (Å²) in [7, 11) is 0. The Morgan fingerprint density at radius 3 is 2.78 bits per heavy atom. The van der Waals surface area contributed by atoms with Crippen LogP contribution in [0.25, 0.3) is 0 Å². The molecule has 0 fully saturated rings. The van der Waals surface area contributed by atoms with Crippen LogP contribution < -0.4 is 10.6 Å². The third-order valence-corrected chi connectivity index (χ3v) is 2.18. The first-order valence-electron chi connectivity index (χ1n) is 6.28. The summed E-state index contributed by atoms with van der Waals surface area (Å²) in [6.07, 6.45) is 1.04. The molecule has 0 unspecified atom stereocenters. The summed E-state index contributed by atoms with van der Waals surface area (Å²) in [6.45, 7) is 6.52. The molecule has 0 atom stereocenters. The van der Waals surface area contributed by atoms with Gasteiger partial charge in [-0.15, -0.1) is 0 Å². The van der Waals surface area contributed by atoms with Crippen LogP contribution in [0.3, 0.4) is 0 Å². The van der Waals surface area contributed by atoms with Crippen LogP contribution in [0.15, 0.2) is 6.07 Å². The first-order valence-corrected chi connectivity index (χ1v) is 6.28. The highest BCUT2D eigenvalue weighted by atomic mass is 16.5. The van der Waals surface area contributed by atoms with E-state index in [2.05, 4.69) is 27.5 Å². The molecule has 1 aromatic rings. The zero-order valence-electron chi connectivity index (χ0n) is 11.1. The zero-order chi connectivity index (χ0) is 13.2. The summed E-state index contributed by atoms with van der Waals surface area (Å²) >= 11 is 0. The monoisotopic (exact) mass is 254 g/mol. The highest BCUT2D eigenvalue weighted by Gasteiger charge is 2.01. The lowest BCUT2D eigenvalue weighted by Crippen LogP contribution is -2.13. The molecular formula is C12H22N4O2. The fourth-order valence-electron chi connectivity index (χ4n) is 1.39. The number of aromatic nitrogens is 2. The van der Waals surface area contributed by atoms with E-state index in [-0.39, 0.29) is 6.61 Å². The lowest BCUT2D eigenvalue weighted by molar-refractivity contribution is 0.0992. The number of nitrogens with one attached hydrogen (secondary N) is 2. The number of nitrogens with zero attached hydrogens (tertiary/aromatic N) is 2. The van der Waals surface area contributed by atoms with Crippen LogP contribution in [0.4, 0.5) is 11.8 Å². The second kappa shape index (κ2) is 8.66. The van der Waals surface area contributed by atoms with Gasteiger partial charge in [0.05, 0.1) is 19.8 Å². The van der Waals surface area contributed by atoms with Crippen LogP contribution in [0.2, 0.25) is 0 Å². The molecule has 18 heavy (non-hydrogen) atoms. The molecular weight excluding hydrogens is 232 g/mol. The van der Waals surface area contributed by atoms with E-state index in [1.54, 1.807) is 0 Å². The summed E-state index contributed by atoms with van der Waals surface area (Å²) in [6, 6.07) is 1.89. The van der Waals surface area contributed by atoms with Gasteiger partial charge in [-0.05, 0) is 13.3 Å². The number of aryl methyl sites for hydroxylation is 1. The van der Waals surface area contributed by atoms with Gasteiger partial charge in [0.2, 0.25) is 5.95 Å². The third-order valence-electron chi connectivity index (χ3n) is 2.18. The molecule has 1 rings (SSSR count). The number of rotatable bonds is 9. The molecule has 0 aliphatic carbocycles. The van der Waals surface area contributed by atoms with Gasteiger partial charge >= 0.3 is 0 Å². The Morgan fingerprint density at radius 2 is 2.06 bits per heavy atom. The standard InChI is InChI=1S/C12H22N4O2/c1-3-4-14-12-15-10(2)9-11(16-12)13-5-7-18-8-6-17/h9,17H,3-8H2,1-2H3,(H2,13,14,15,16). The van der Waals surface area contributed by atoms with Crippen molar-refractivity contribution in [2.45, 2.75) is 20.3 Å². The molecule has 0 radical (unpaired) electrons. The number of aliphatic hydroxyl groups is 1. The number of ether oxygens (including phenoxy) is 1. The predicted molar refractivity (Wildman–Crippen MR) is 71.9 cm³/mol. The molecule has 0 amide bonds. The van der Waals surface area contributed by atoms with Crippen molar-refractivity contribution in [3.63, 3.8) is 0 Å². The average molecular weight is 254 g/mol. The minimum atomic E-state index is 0.0533. The molecule has 6 heteroatoms. The lowest BCUT2D eigenvalue weighted by atomic mass is 10.4. The number of aliphatic hydroxyl groups excluding tert-OH is 1. The van der Waals surface area contributed by atoms with Crippen LogP contribution in [0.1, 0.15) is 19.0 Å². The van der Waals surface area contributed by atoms with Crippen molar-refractivity contribution < 1.29 is 9.84 Å². The van der Waals surface area contributed by atoms with Gasteiger partial charge in [0.25, 0.3) is 0 Å². The third kappa shape index (κ3) is 5.79. The van der Waals surface area contributed by atoms with Gasteiger partial charge in [-0.2, -0.15) is 4.98 Å². The van der Waals surface area contributed by atoms with Gasteiger partial charge < -0.3 is 20.5 Å². The normalized spacial score (nSPS) is 10.4. The molecule has 0 bridgehead atoms. The van der Waals surface area contributed by atoms with E-state index in [0.29, 0.717) is 25.7 Å². The number of hydrogen-bond acceptors (Lipinski definition) is 6. The van der Waals surface area contributed by atoms with Crippen LogP contribution in [-0.4, -0.2) is 48.0 Å². The topological polar surface area (TPSA) is 79.3 Å².